The van der Waals surface area contributed by atoms with Gasteiger partial charge in [0.1, 0.15) is 23.0 Å². The molecule has 0 saturated carbocycles. The van der Waals surface area contributed by atoms with E-state index >= 15 is 0 Å². The first-order valence-electron chi connectivity index (χ1n) is 32.7. The zero-order chi connectivity index (χ0) is 60.0. The molecule has 9 rings (SSSR count). The highest BCUT2D eigenvalue weighted by Crippen LogP contribution is 2.31. The molecule has 1 aliphatic rings. The first-order valence-corrected chi connectivity index (χ1v) is 32.7. The van der Waals surface area contributed by atoms with Crippen LogP contribution in [0.2, 0.25) is 0 Å². The summed E-state index contributed by atoms with van der Waals surface area (Å²) in [6.45, 7) is 29.2. The molecule has 0 radical (unpaired) electrons. The molecule has 1 aliphatic heterocycles. The van der Waals surface area contributed by atoms with Crippen LogP contribution in [0.3, 0.4) is 0 Å². The second-order valence-electron chi connectivity index (χ2n) is 22.8. The van der Waals surface area contributed by atoms with Gasteiger partial charge in [-0.2, -0.15) is 0 Å². The zero-order valence-electron chi connectivity index (χ0n) is 53.0. The fourth-order valence-electron chi connectivity index (χ4n) is 12.1. The predicted molar refractivity (Wildman–Crippen MR) is 356 cm³/mol. The standard InChI is InChI=1S/C75H97N7O4/c1-9-17-18-19-24-62(23-10-2)86-63-39-31-58(32-40-63)75-70-47-45-68(78-70)73(56-27-35-60(36-28-56)84-53-21-50-81(13-5)14-6)66-43-41-64(76-66)72(55-25-33-59(34-26-55)83-52-20-49-80(11-3)12-4)65-42-44-67(77-65)74(69-46-48-71(75)79-69)57-29-37-61(38-30-57)85-54-22-51-82(15-7)16-8/h25-48,62,76-79H,9-24,49-54H2,1-8H3. The number of hydrogen-bond donors (Lipinski definition) is 4. The van der Waals surface area contributed by atoms with Gasteiger partial charge in [0.15, 0.2) is 0 Å². The van der Waals surface area contributed by atoms with Crippen molar-refractivity contribution in [2.24, 2.45) is 0 Å². The molecule has 5 heterocycles. The summed E-state index contributed by atoms with van der Waals surface area (Å²) in [6.07, 6.45) is 11.3. The van der Waals surface area contributed by atoms with Crippen LogP contribution in [-0.4, -0.2) is 119 Å². The van der Waals surface area contributed by atoms with E-state index in [1.54, 1.807) is 0 Å². The molecule has 4 aromatic carbocycles. The molecule has 8 bridgehead atoms. The Balaban J connectivity index is 1.19. The van der Waals surface area contributed by atoms with Crippen LogP contribution in [0.5, 0.6) is 23.0 Å². The maximum Gasteiger partial charge on any atom is 0.119 e. The summed E-state index contributed by atoms with van der Waals surface area (Å²) in [4.78, 5) is 23.3. The molecule has 0 spiro atoms. The minimum Gasteiger partial charge on any atom is -0.494 e. The number of aromatic nitrogens is 4. The van der Waals surface area contributed by atoms with Crippen LogP contribution in [-0.2, 0) is 0 Å². The van der Waals surface area contributed by atoms with Crippen molar-refractivity contribution in [3.8, 4) is 23.0 Å². The Hall–Kier alpha value is -7.44. The number of benzene rings is 4. The van der Waals surface area contributed by atoms with Crippen LogP contribution in [0.25, 0.3) is 22.3 Å². The van der Waals surface area contributed by atoms with Crippen molar-refractivity contribution in [3.63, 3.8) is 0 Å². The maximum absolute atomic E-state index is 6.76. The molecular formula is C75H97N7O4. The summed E-state index contributed by atoms with van der Waals surface area (Å²) < 4.78 is 25.8. The minimum atomic E-state index is 0.197. The van der Waals surface area contributed by atoms with E-state index in [-0.39, 0.29) is 6.10 Å². The highest BCUT2D eigenvalue weighted by Gasteiger charge is 2.20. The number of fused-ring (bicyclic) bond motifs is 8. The van der Waals surface area contributed by atoms with Gasteiger partial charge >= 0.3 is 0 Å². The van der Waals surface area contributed by atoms with Gasteiger partial charge in [-0.1, -0.05) is 130 Å². The smallest absolute Gasteiger partial charge is 0.119 e. The molecule has 11 heteroatoms. The van der Waals surface area contributed by atoms with E-state index < -0.39 is 0 Å². The third kappa shape index (κ3) is 16.5. The number of hydrogen-bond acceptors (Lipinski definition) is 7. The Kier molecular flexibility index (Phi) is 23.7. The number of ether oxygens (including phenoxy) is 4. The van der Waals surface area contributed by atoms with Gasteiger partial charge in [-0.15, -0.1) is 0 Å². The molecule has 1 atom stereocenters. The Morgan fingerprint density at radius 2 is 0.616 bits per heavy atom. The molecular weight excluding hydrogens is 1060 g/mol. The van der Waals surface area contributed by atoms with Crippen LogP contribution in [0.15, 0.2) is 146 Å². The van der Waals surface area contributed by atoms with Crippen molar-refractivity contribution in [2.75, 3.05) is 78.7 Å². The number of nitrogens with one attached hydrogen (secondary N) is 4. The lowest BCUT2D eigenvalue weighted by Crippen LogP contribution is -2.25. The minimum absolute atomic E-state index is 0.197. The second kappa shape index (κ2) is 32.3. The number of unbranched alkanes of at least 4 members (excludes halogenated alkanes) is 3. The molecule has 0 aliphatic carbocycles. The largest absolute Gasteiger partial charge is 0.494 e. The van der Waals surface area contributed by atoms with Gasteiger partial charge < -0.3 is 53.6 Å². The van der Waals surface area contributed by atoms with Crippen molar-refractivity contribution in [1.29, 1.82) is 0 Å². The predicted octanol–water partition coefficient (Wildman–Crippen LogP) is 13.2. The van der Waals surface area contributed by atoms with Gasteiger partial charge in [0.05, 0.1) is 25.9 Å². The average Bonchev–Trinajstić information content (AvgIpc) is 1.87. The summed E-state index contributed by atoms with van der Waals surface area (Å²) in [6, 6.07) is 52.3. The highest BCUT2D eigenvalue weighted by atomic mass is 16.5. The van der Waals surface area contributed by atoms with Crippen LogP contribution in [0.4, 0.5) is 0 Å². The van der Waals surface area contributed by atoms with E-state index in [4.69, 9.17) is 18.9 Å². The van der Waals surface area contributed by atoms with E-state index in [1.807, 2.05) is 0 Å². The number of rotatable bonds is 34. The Morgan fingerprint density at radius 3 is 0.907 bits per heavy atom. The van der Waals surface area contributed by atoms with E-state index in [1.165, 1.54) is 25.7 Å². The molecule has 86 heavy (non-hydrogen) atoms. The normalized spacial score (nSPS) is 12.9. The highest BCUT2D eigenvalue weighted by molar-refractivity contribution is 5.85. The van der Waals surface area contributed by atoms with E-state index in [0.29, 0.717) is 19.8 Å². The Bertz CT molecular complexity index is 3560. The molecule has 11 nitrogen and oxygen atoms in total. The summed E-state index contributed by atoms with van der Waals surface area (Å²) in [5.74, 6) is 3.49. The molecule has 0 amide bonds. The van der Waals surface area contributed by atoms with Crippen molar-refractivity contribution in [1.82, 2.24) is 34.6 Å². The summed E-state index contributed by atoms with van der Waals surface area (Å²) in [7, 11) is 0. The van der Waals surface area contributed by atoms with Gasteiger partial charge in [-0.3, -0.25) is 0 Å². The first kappa shape index (κ1) is 63.1. The van der Waals surface area contributed by atoms with Gasteiger partial charge in [0.2, 0.25) is 0 Å². The van der Waals surface area contributed by atoms with Gasteiger partial charge in [-0.25, -0.2) is 0 Å². The van der Waals surface area contributed by atoms with Crippen LogP contribution < -0.4 is 40.3 Å². The van der Waals surface area contributed by atoms with Crippen LogP contribution in [0.1, 0.15) is 165 Å². The van der Waals surface area contributed by atoms with Crippen molar-refractivity contribution in [2.45, 2.75) is 126 Å². The Morgan fingerprint density at radius 1 is 0.302 bits per heavy atom. The molecule has 4 N–H and O–H groups in total. The van der Waals surface area contributed by atoms with Gasteiger partial charge in [0.25, 0.3) is 0 Å². The van der Waals surface area contributed by atoms with Gasteiger partial charge in [-0.05, 0) is 197 Å². The molecule has 8 aromatic rings. The summed E-state index contributed by atoms with van der Waals surface area (Å²) in [5.41, 5.74) is 12.4. The van der Waals surface area contributed by atoms with Gasteiger partial charge in [0, 0.05) is 86.1 Å². The molecule has 456 valence electrons. The lowest BCUT2D eigenvalue weighted by atomic mass is 10.0. The molecule has 4 aromatic heterocycles. The van der Waals surface area contributed by atoms with E-state index in [2.05, 4.69) is 236 Å². The number of H-pyrrole nitrogens is 4. The number of nitrogens with zero attached hydrogens (tertiary/aromatic N) is 3. The SMILES string of the molecule is CCCCCCC(CCC)Oc1ccc(C2=c3ccc([nH]3)=C(c3ccc(OCCCN(CC)CC)cc3)c3ccc([nH]3)C(c3ccc(OCCCN(CC)CC)cc3)=c3ccc([nH]3)=C(c3ccc(OCCCN(CC)CC)cc3)c3ccc2[nH]3)cc1. The fraction of sp³-hybridized carbons (Fsp3) is 0.413. The number of aromatic amines is 4. The molecule has 0 saturated heterocycles. The zero-order valence-corrected chi connectivity index (χ0v) is 53.0. The van der Waals surface area contributed by atoms with Crippen molar-refractivity contribution in [3.05, 3.63) is 212 Å². The summed E-state index contributed by atoms with van der Waals surface area (Å²) in [5, 5.41) is 3.93. The third-order valence-electron chi connectivity index (χ3n) is 17.1. The van der Waals surface area contributed by atoms with Crippen LogP contribution in [0, 0.1) is 0 Å². The average molecular weight is 1160 g/mol. The lowest BCUT2D eigenvalue weighted by molar-refractivity contribution is 0.175. The van der Waals surface area contributed by atoms with Crippen LogP contribution >= 0.6 is 0 Å². The third-order valence-corrected chi connectivity index (χ3v) is 17.1. The van der Waals surface area contributed by atoms with Crippen molar-refractivity contribution < 1.29 is 18.9 Å². The fourth-order valence-corrected chi connectivity index (χ4v) is 12.1. The molecule has 1 unspecified atom stereocenters. The quantitative estimate of drug-likeness (QED) is 0.0298. The maximum atomic E-state index is 6.76. The monoisotopic (exact) mass is 1160 g/mol. The Labute approximate surface area is 512 Å². The van der Waals surface area contributed by atoms with E-state index in [0.717, 1.165) is 209 Å². The second-order valence-corrected chi connectivity index (χ2v) is 22.8. The van der Waals surface area contributed by atoms with E-state index in [9.17, 15) is 0 Å². The lowest BCUT2D eigenvalue weighted by Gasteiger charge is -2.19. The molecule has 0 fully saturated rings. The topological polar surface area (TPSA) is 110 Å². The summed E-state index contributed by atoms with van der Waals surface area (Å²) >= 11 is 0. The van der Waals surface area contributed by atoms with Crippen molar-refractivity contribution >= 4 is 22.3 Å². The first-order chi connectivity index (χ1) is 42.3.